The lowest BCUT2D eigenvalue weighted by atomic mass is 9.91. The minimum atomic E-state index is 0.0745. The first-order chi connectivity index (χ1) is 10.7. The van der Waals surface area contributed by atoms with Crippen molar-refractivity contribution in [2.24, 2.45) is 0 Å². The molecule has 120 valence electrons. The lowest BCUT2D eigenvalue weighted by molar-refractivity contribution is -0.133. The van der Waals surface area contributed by atoms with E-state index in [2.05, 4.69) is 4.90 Å². The predicted octanol–water partition coefficient (Wildman–Crippen LogP) is 2.81. The second-order valence-corrected chi connectivity index (χ2v) is 6.53. The predicted molar refractivity (Wildman–Crippen MR) is 87.4 cm³/mol. The quantitative estimate of drug-likeness (QED) is 0.854. The molecule has 0 bridgehead atoms. The number of rotatable bonds is 4. The van der Waals surface area contributed by atoms with Gasteiger partial charge >= 0.3 is 0 Å². The Balaban J connectivity index is 1.46. The molecule has 4 nitrogen and oxygen atoms in total. The SMILES string of the molecule is O=C(COc1ccc(Cl)cc1)N1CCCN(C2CCC2)CC1. The highest BCUT2D eigenvalue weighted by atomic mass is 35.5. The van der Waals surface area contributed by atoms with Crippen LogP contribution in [0.1, 0.15) is 25.7 Å². The maximum Gasteiger partial charge on any atom is 0.260 e. The standard InChI is InChI=1S/C17H23ClN2O2/c18-14-5-7-16(8-6-14)22-13-17(21)20-10-2-9-19(11-12-20)15-3-1-4-15/h5-8,15H,1-4,9-13H2. The Morgan fingerprint density at radius 2 is 1.86 bits per heavy atom. The van der Waals surface area contributed by atoms with Crippen molar-refractivity contribution >= 4 is 17.5 Å². The molecular formula is C17H23ClN2O2. The van der Waals surface area contributed by atoms with Gasteiger partial charge in [0.1, 0.15) is 5.75 Å². The Kier molecular flexibility index (Phi) is 5.21. The number of hydrogen-bond acceptors (Lipinski definition) is 3. The number of ether oxygens (including phenoxy) is 1. The van der Waals surface area contributed by atoms with Gasteiger partial charge in [0, 0.05) is 37.2 Å². The second-order valence-electron chi connectivity index (χ2n) is 6.10. The topological polar surface area (TPSA) is 32.8 Å². The van der Waals surface area contributed by atoms with Gasteiger partial charge in [-0.15, -0.1) is 0 Å². The highest BCUT2D eigenvalue weighted by Gasteiger charge is 2.27. The van der Waals surface area contributed by atoms with Crippen LogP contribution in [0.15, 0.2) is 24.3 Å². The Morgan fingerprint density at radius 3 is 2.55 bits per heavy atom. The van der Waals surface area contributed by atoms with Crippen LogP contribution in [0, 0.1) is 0 Å². The highest BCUT2D eigenvalue weighted by Crippen LogP contribution is 2.25. The van der Waals surface area contributed by atoms with Crippen LogP contribution in [0.25, 0.3) is 0 Å². The molecule has 3 rings (SSSR count). The molecule has 1 aromatic rings. The molecule has 0 aromatic heterocycles. The summed E-state index contributed by atoms with van der Waals surface area (Å²) in [6.07, 6.45) is 5.07. The first-order valence-electron chi connectivity index (χ1n) is 8.12. The molecule has 1 aliphatic carbocycles. The molecule has 1 amide bonds. The van der Waals surface area contributed by atoms with Gasteiger partial charge in [-0.25, -0.2) is 0 Å². The van der Waals surface area contributed by atoms with E-state index in [0.717, 1.165) is 38.6 Å². The lowest BCUT2D eigenvalue weighted by Gasteiger charge is -2.36. The minimum absolute atomic E-state index is 0.0745. The number of nitrogens with zero attached hydrogens (tertiary/aromatic N) is 2. The van der Waals surface area contributed by atoms with Crippen LogP contribution < -0.4 is 4.74 Å². The molecule has 22 heavy (non-hydrogen) atoms. The van der Waals surface area contributed by atoms with E-state index >= 15 is 0 Å². The monoisotopic (exact) mass is 322 g/mol. The summed E-state index contributed by atoms with van der Waals surface area (Å²) in [6, 6.07) is 7.88. The second kappa shape index (κ2) is 7.34. The number of carbonyl (C=O) groups is 1. The first kappa shape index (κ1) is 15.6. The summed E-state index contributed by atoms with van der Waals surface area (Å²) in [4.78, 5) is 16.8. The molecule has 5 heteroatoms. The molecule has 0 unspecified atom stereocenters. The van der Waals surface area contributed by atoms with E-state index in [1.54, 1.807) is 24.3 Å². The summed E-state index contributed by atoms with van der Waals surface area (Å²) in [5, 5.41) is 0.669. The number of benzene rings is 1. The zero-order valence-corrected chi connectivity index (χ0v) is 13.6. The molecule has 2 fully saturated rings. The Morgan fingerprint density at radius 1 is 1.09 bits per heavy atom. The van der Waals surface area contributed by atoms with Gasteiger partial charge in [0.15, 0.2) is 6.61 Å². The molecule has 0 N–H and O–H groups in total. The zero-order chi connectivity index (χ0) is 15.4. The van der Waals surface area contributed by atoms with Crippen molar-refractivity contribution in [3.8, 4) is 5.75 Å². The fraction of sp³-hybridized carbons (Fsp3) is 0.588. The van der Waals surface area contributed by atoms with Gasteiger partial charge in [-0.2, -0.15) is 0 Å². The fourth-order valence-electron chi connectivity index (χ4n) is 3.07. The van der Waals surface area contributed by atoms with E-state index < -0.39 is 0 Å². The van der Waals surface area contributed by atoms with E-state index in [9.17, 15) is 4.79 Å². The maximum absolute atomic E-state index is 12.3. The smallest absolute Gasteiger partial charge is 0.260 e. The molecule has 2 aliphatic rings. The third-order valence-corrected chi connectivity index (χ3v) is 4.90. The molecule has 1 aromatic carbocycles. The van der Waals surface area contributed by atoms with E-state index in [1.807, 2.05) is 4.90 Å². The van der Waals surface area contributed by atoms with Gasteiger partial charge < -0.3 is 9.64 Å². The van der Waals surface area contributed by atoms with Crippen molar-refractivity contribution in [3.63, 3.8) is 0 Å². The van der Waals surface area contributed by atoms with Gasteiger partial charge in [-0.1, -0.05) is 18.0 Å². The summed E-state index contributed by atoms with van der Waals surface area (Å²) in [5.74, 6) is 0.758. The molecule has 0 atom stereocenters. The van der Waals surface area contributed by atoms with Crippen LogP contribution in [-0.4, -0.2) is 54.5 Å². The van der Waals surface area contributed by atoms with Crippen LogP contribution in [-0.2, 0) is 4.79 Å². The molecule has 0 radical (unpaired) electrons. The van der Waals surface area contributed by atoms with Crippen LogP contribution in [0.5, 0.6) is 5.75 Å². The number of hydrogen-bond donors (Lipinski definition) is 0. The molecule has 1 saturated carbocycles. The Labute approximate surface area is 137 Å². The van der Waals surface area contributed by atoms with Crippen molar-refractivity contribution in [3.05, 3.63) is 29.3 Å². The third kappa shape index (κ3) is 3.93. The van der Waals surface area contributed by atoms with Crippen molar-refractivity contribution in [1.29, 1.82) is 0 Å². The average Bonchev–Trinajstić information content (AvgIpc) is 2.71. The van der Waals surface area contributed by atoms with Crippen molar-refractivity contribution in [2.45, 2.75) is 31.7 Å². The molecule has 1 heterocycles. The largest absolute Gasteiger partial charge is 0.484 e. The van der Waals surface area contributed by atoms with E-state index in [-0.39, 0.29) is 12.5 Å². The lowest BCUT2D eigenvalue weighted by Crippen LogP contribution is -2.43. The van der Waals surface area contributed by atoms with Gasteiger partial charge in [0.05, 0.1) is 0 Å². The minimum Gasteiger partial charge on any atom is -0.484 e. The van der Waals surface area contributed by atoms with Gasteiger partial charge in [0.25, 0.3) is 5.91 Å². The normalized spacial score (nSPS) is 20.3. The highest BCUT2D eigenvalue weighted by molar-refractivity contribution is 6.30. The third-order valence-electron chi connectivity index (χ3n) is 4.65. The van der Waals surface area contributed by atoms with Crippen LogP contribution in [0.3, 0.4) is 0 Å². The summed E-state index contributed by atoms with van der Waals surface area (Å²) in [7, 11) is 0. The molecule has 1 saturated heterocycles. The molecular weight excluding hydrogens is 300 g/mol. The van der Waals surface area contributed by atoms with E-state index in [0.29, 0.717) is 10.8 Å². The van der Waals surface area contributed by atoms with Crippen LogP contribution in [0.2, 0.25) is 5.02 Å². The molecule has 1 aliphatic heterocycles. The van der Waals surface area contributed by atoms with Crippen molar-refractivity contribution in [1.82, 2.24) is 9.80 Å². The van der Waals surface area contributed by atoms with Crippen molar-refractivity contribution < 1.29 is 9.53 Å². The number of halogens is 1. The van der Waals surface area contributed by atoms with Crippen LogP contribution in [0.4, 0.5) is 0 Å². The summed E-state index contributed by atoms with van der Waals surface area (Å²) >= 11 is 5.83. The van der Waals surface area contributed by atoms with Crippen LogP contribution >= 0.6 is 11.6 Å². The number of amides is 1. The average molecular weight is 323 g/mol. The maximum atomic E-state index is 12.3. The van der Waals surface area contributed by atoms with Gasteiger partial charge in [0.2, 0.25) is 0 Å². The van der Waals surface area contributed by atoms with Gasteiger partial charge in [-0.3, -0.25) is 9.69 Å². The molecule has 0 spiro atoms. The Bertz CT molecular complexity index is 502. The van der Waals surface area contributed by atoms with E-state index in [4.69, 9.17) is 16.3 Å². The van der Waals surface area contributed by atoms with Crippen molar-refractivity contribution in [2.75, 3.05) is 32.8 Å². The fourth-order valence-corrected chi connectivity index (χ4v) is 3.20. The first-order valence-corrected chi connectivity index (χ1v) is 8.50. The summed E-state index contributed by atoms with van der Waals surface area (Å²) in [6.45, 7) is 3.88. The van der Waals surface area contributed by atoms with E-state index in [1.165, 1.54) is 19.3 Å². The summed E-state index contributed by atoms with van der Waals surface area (Å²) < 4.78 is 5.56. The zero-order valence-electron chi connectivity index (χ0n) is 12.8. The van der Waals surface area contributed by atoms with Gasteiger partial charge in [-0.05, 0) is 43.5 Å². The summed E-state index contributed by atoms with van der Waals surface area (Å²) in [5.41, 5.74) is 0. The number of carbonyl (C=O) groups excluding carboxylic acids is 1. The Hall–Kier alpha value is -1.26.